The van der Waals surface area contributed by atoms with Crippen LogP contribution in [-0.2, 0) is 9.31 Å². The third kappa shape index (κ3) is 4.26. The van der Waals surface area contributed by atoms with Crippen LogP contribution < -0.4 is 4.74 Å². The van der Waals surface area contributed by atoms with E-state index in [-0.39, 0.29) is 5.75 Å². The van der Waals surface area contributed by atoms with Crippen molar-refractivity contribution in [2.24, 2.45) is 0 Å². The number of ether oxygens (including phenoxy) is 1. The fourth-order valence-electron chi connectivity index (χ4n) is 2.00. The maximum atomic E-state index is 12.1. The summed E-state index contributed by atoms with van der Waals surface area (Å²) >= 11 is 0. The molecule has 8 heteroatoms. The first-order valence-corrected chi connectivity index (χ1v) is 7.15. The molecular weight excluding hydrogens is 310 g/mol. The largest absolute Gasteiger partial charge is 0.573 e. The van der Waals surface area contributed by atoms with Crippen molar-refractivity contribution in [2.75, 3.05) is 0 Å². The van der Waals surface area contributed by atoms with Crippen molar-refractivity contribution in [3.8, 4) is 5.75 Å². The molecule has 4 nitrogen and oxygen atoms in total. The number of nitrogens with zero attached hydrogens (tertiary/aromatic N) is 1. The molecule has 0 aromatic carbocycles. The van der Waals surface area contributed by atoms with Crippen molar-refractivity contribution in [3.05, 3.63) is 29.5 Å². The number of halogens is 3. The van der Waals surface area contributed by atoms with Crippen LogP contribution in [0.5, 0.6) is 5.75 Å². The second-order valence-electron chi connectivity index (χ2n) is 6.44. The van der Waals surface area contributed by atoms with Gasteiger partial charge in [0.25, 0.3) is 0 Å². The van der Waals surface area contributed by atoms with Crippen LogP contribution in [0.3, 0.4) is 0 Å². The van der Waals surface area contributed by atoms with Crippen molar-refractivity contribution in [1.29, 1.82) is 0 Å². The van der Waals surface area contributed by atoms with E-state index >= 15 is 0 Å². The van der Waals surface area contributed by atoms with Crippen LogP contribution in [0.15, 0.2) is 23.8 Å². The summed E-state index contributed by atoms with van der Waals surface area (Å²) in [5, 5.41) is 0. The van der Waals surface area contributed by atoms with Crippen molar-refractivity contribution >= 4 is 13.2 Å². The first kappa shape index (κ1) is 17.8. The summed E-state index contributed by atoms with van der Waals surface area (Å²) in [4.78, 5) is 3.93. The molecule has 0 saturated carbocycles. The van der Waals surface area contributed by atoms with E-state index in [4.69, 9.17) is 9.31 Å². The molecular formula is C15H19BF3NO3. The van der Waals surface area contributed by atoms with Gasteiger partial charge in [-0.2, -0.15) is 0 Å². The standard InChI is InChI=1S/C15H19BF3NO3/c1-10(16-22-13(2,3)14(4,5)23-16)8-11-6-7-12(9-20-11)21-15(17,18)19/h6-9H,1-5H3/b10-8+. The monoisotopic (exact) mass is 329 g/mol. The van der Waals surface area contributed by atoms with Crippen LogP contribution in [0.1, 0.15) is 40.3 Å². The van der Waals surface area contributed by atoms with E-state index < -0.39 is 24.7 Å². The molecule has 0 bridgehead atoms. The maximum absolute atomic E-state index is 12.1. The average molecular weight is 329 g/mol. The molecule has 0 unspecified atom stereocenters. The highest BCUT2D eigenvalue weighted by Gasteiger charge is 2.51. The van der Waals surface area contributed by atoms with Gasteiger partial charge < -0.3 is 14.0 Å². The van der Waals surface area contributed by atoms with Gasteiger partial charge in [0.2, 0.25) is 0 Å². The fourth-order valence-corrected chi connectivity index (χ4v) is 2.00. The van der Waals surface area contributed by atoms with E-state index in [2.05, 4.69) is 9.72 Å². The Morgan fingerprint density at radius 3 is 2.17 bits per heavy atom. The summed E-state index contributed by atoms with van der Waals surface area (Å²) in [5.74, 6) is -0.358. The highest BCUT2D eigenvalue weighted by molar-refractivity contribution is 6.55. The van der Waals surface area contributed by atoms with E-state index in [1.807, 2.05) is 34.6 Å². The highest BCUT2D eigenvalue weighted by Crippen LogP contribution is 2.38. The Bertz CT molecular complexity index is 581. The Balaban J connectivity index is 2.10. The van der Waals surface area contributed by atoms with E-state index in [0.29, 0.717) is 5.69 Å². The van der Waals surface area contributed by atoms with E-state index in [0.717, 1.165) is 11.7 Å². The third-order valence-corrected chi connectivity index (χ3v) is 3.99. The topological polar surface area (TPSA) is 40.6 Å². The molecule has 0 amide bonds. The maximum Gasteiger partial charge on any atom is 0.573 e. The first-order chi connectivity index (χ1) is 10.4. The third-order valence-electron chi connectivity index (χ3n) is 3.99. The van der Waals surface area contributed by atoms with Gasteiger partial charge in [0.15, 0.2) is 0 Å². The zero-order chi connectivity index (χ0) is 17.5. The number of aromatic nitrogens is 1. The molecule has 1 aliphatic rings. The van der Waals surface area contributed by atoms with Crippen LogP contribution in [0.25, 0.3) is 6.08 Å². The zero-order valence-corrected chi connectivity index (χ0v) is 13.7. The van der Waals surface area contributed by atoms with Gasteiger partial charge >= 0.3 is 13.5 Å². The number of allylic oxidation sites excluding steroid dienone is 1. The molecule has 126 valence electrons. The molecule has 1 aliphatic heterocycles. The number of alkyl halides is 3. The van der Waals surface area contributed by atoms with Gasteiger partial charge in [-0.05, 0) is 58.3 Å². The van der Waals surface area contributed by atoms with E-state index in [1.54, 1.807) is 6.08 Å². The summed E-state index contributed by atoms with van der Waals surface area (Å²) in [6.45, 7) is 9.61. The molecule has 0 radical (unpaired) electrons. The molecule has 1 aromatic rings. The number of hydrogen-bond donors (Lipinski definition) is 0. The fraction of sp³-hybridized carbons (Fsp3) is 0.533. The minimum atomic E-state index is -4.72. The lowest BCUT2D eigenvalue weighted by Gasteiger charge is -2.32. The molecule has 2 heterocycles. The number of rotatable bonds is 3. The smallest absolute Gasteiger partial charge is 0.404 e. The molecule has 1 aromatic heterocycles. The minimum absolute atomic E-state index is 0.358. The molecule has 0 spiro atoms. The molecule has 1 fully saturated rings. The minimum Gasteiger partial charge on any atom is -0.404 e. The van der Waals surface area contributed by atoms with Crippen LogP contribution in [0.2, 0.25) is 0 Å². The molecule has 0 N–H and O–H groups in total. The van der Waals surface area contributed by atoms with Crippen LogP contribution in [-0.4, -0.2) is 29.7 Å². The lowest BCUT2D eigenvalue weighted by molar-refractivity contribution is -0.274. The Labute approximate surface area is 133 Å². The van der Waals surface area contributed by atoms with Crippen molar-refractivity contribution in [2.45, 2.75) is 52.2 Å². The van der Waals surface area contributed by atoms with E-state index in [9.17, 15) is 13.2 Å². The molecule has 1 saturated heterocycles. The van der Waals surface area contributed by atoms with Gasteiger partial charge in [0, 0.05) is 0 Å². The summed E-state index contributed by atoms with van der Waals surface area (Å²) in [6.07, 6.45) is -1.99. The van der Waals surface area contributed by atoms with Gasteiger partial charge in [0.1, 0.15) is 5.75 Å². The quantitative estimate of drug-likeness (QED) is 0.786. The predicted octanol–water partition coefficient (Wildman–Crippen LogP) is 4.01. The summed E-state index contributed by atoms with van der Waals surface area (Å²) in [5.41, 5.74) is 0.363. The van der Waals surface area contributed by atoms with E-state index in [1.165, 1.54) is 12.1 Å². The normalized spacial score (nSPS) is 20.7. The average Bonchev–Trinajstić information content (AvgIpc) is 2.59. The second-order valence-corrected chi connectivity index (χ2v) is 6.44. The predicted molar refractivity (Wildman–Crippen MR) is 80.7 cm³/mol. The van der Waals surface area contributed by atoms with Gasteiger partial charge in [-0.3, -0.25) is 4.98 Å². The van der Waals surface area contributed by atoms with Crippen LogP contribution in [0, 0.1) is 0 Å². The summed E-state index contributed by atoms with van der Waals surface area (Å²) in [6, 6.07) is 2.65. The Kier molecular flexibility index (Phi) is 4.52. The number of hydrogen-bond acceptors (Lipinski definition) is 4. The Morgan fingerprint density at radius 1 is 1.17 bits per heavy atom. The first-order valence-electron chi connectivity index (χ1n) is 7.15. The second kappa shape index (κ2) is 5.83. The lowest BCUT2D eigenvalue weighted by atomic mass is 9.79. The van der Waals surface area contributed by atoms with Crippen LogP contribution >= 0.6 is 0 Å². The van der Waals surface area contributed by atoms with Crippen LogP contribution in [0.4, 0.5) is 13.2 Å². The van der Waals surface area contributed by atoms with Gasteiger partial charge in [-0.1, -0.05) is 0 Å². The molecule has 0 aliphatic carbocycles. The lowest BCUT2D eigenvalue weighted by Crippen LogP contribution is -2.41. The molecule has 23 heavy (non-hydrogen) atoms. The zero-order valence-electron chi connectivity index (χ0n) is 13.7. The highest BCUT2D eigenvalue weighted by atomic mass is 19.4. The molecule has 0 atom stereocenters. The summed E-state index contributed by atoms with van der Waals surface area (Å²) < 4.78 is 51.9. The SMILES string of the molecule is C/C(=C\c1ccc(OC(F)(F)F)cn1)B1OC(C)(C)C(C)(C)O1. The van der Waals surface area contributed by atoms with Crippen molar-refractivity contribution in [1.82, 2.24) is 4.98 Å². The summed E-state index contributed by atoms with van der Waals surface area (Å²) in [7, 11) is -0.520. The Hall–Kier alpha value is -1.54. The van der Waals surface area contributed by atoms with Gasteiger partial charge in [0.05, 0.1) is 23.1 Å². The van der Waals surface area contributed by atoms with Crippen molar-refractivity contribution < 1.29 is 27.2 Å². The van der Waals surface area contributed by atoms with Gasteiger partial charge in [-0.25, -0.2) is 0 Å². The number of pyridine rings is 1. The molecule has 2 rings (SSSR count). The Morgan fingerprint density at radius 2 is 1.74 bits per heavy atom. The van der Waals surface area contributed by atoms with Crippen molar-refractivity contribution in [3.63, 3.8) is 0 Å². The van der Waals surface area contributed by atoms with Gasteiger partial charge in [-0.15, -0.1) is 13.2 Å².